The molecule has 33 heavy (non-hydrogen) atoms. The Kier molecular flexibility index (Phi) is 9.74. The lowest BCUT2D eigenvalue weighted by Crippen LogP contribution is -2.39. The maximum Gasteiger partial charge on any atom is 0.226 e. The molecule has 0 bridgehead atoms. The molecule has 1 fully saturated rings. The molecule has 1 aliphatic rings. The van der Waals surface area contributed by atoms with Gasteiger partial charge in [0.1, 0.15) is 17.8 Å². The normalized spacial score (nSPS) is 15.3. The van der Waals surface area contributed by atoms with Crippen LogP contribution in [0, 0.1) is 5.82 Å². The second kappa shape index (κ2) is 12.7. The summed E-state index contributed by atoms with van der Waals surface area (Å²) in [5, 5.41) is 6.68. The van der Waals surface area contributed by atoms with Crippen LogP contribution in [0.4, 0.5) is 4.39 Å². The third-order valence-corrected chi connectivity index (χ3v) is 5.54. The number of furan rings is 1. The lowest BCUT2D eigenvalue weighted by molar-refractivity contribution is 0.221. The van der Waals surface area contributed by atoms with Gasteiger partial charge in [0.2, 0.25) is 5.89 Å². The first-order chi connectivity index (χ1) is 15.7. The maximum absolute atomic E-state index is 13.1. The molecule has 9 heteroatoms. The minimum absolute atomic E-state index is 0. The molecule has 4 rings (SSSR count). The number of rotatable bonds is 9. The Balaban J connectivity index is 0.00000306. The van der Waals surface area contributed by atoms with E-state index >= 15 is 0 Å². The van der Waals surface area contributed by atoms with Crippen LogP contribution in [0.3, 0.4) is 0 Å². The number of halogens is 2. The van der Waals surface area contributed by atoms with Gasteiger partial charge >= 0.3 is 0 Å². The molecule has 3 heterocycles. The van der Waals surface area contributed by atoms with Crippen molar-refractivity contribution < 1.29 is 13.2 Å². The van der Waals surface area contributed by atoms with Crippen molar-refractivity contribution in [2.75, 3.05) is 32.7 Å². The summed E-state index contributed by atoms with van der Waals surface area (Å²) in [7, 11) is 0. The second-order valence-electron chi connectivity index (χ2n) is 7.82. The smallest absolute Gasteiger partial charge is 0.226 e. The van der Waals surface area contributed by atoms with Crippen molar-refractivity contribution in [3.63, 3.8) is 0 Å². The molecule has 2 aromatic heterocycles. The fraction of sp³-hybridized carbons (Fsp3) is 0.417. The van der Waals surface area contributed by atoms with Gasteiger partial charge in [-0.15, -0.1) is 24.0 Å². The predicted octanol–water partition coefficient (Wildman–Crippen LogP) is 4.63. The highest BCUT2D eigenvalue weighted by Gasteiger charge is 2.25. The van der Waals surface area contributed by atoms with Gasteiger partial charge in [0.05, 0.1) is 24.5 Å². The summed E-state index contributed by atoms with van der Waals surface area (Å²) in [6.45, 7) is 6.27. The van der Waals surface area contributed by atoms with Crippen LogP contribution in [0.15, 0.2) is 62.8 Å². The molecule has 1 unspecified atom stereocenters. The molecule has 1 aromatic carbocycles. The number of oxazole rings is 1. The van der Waals surface area contributed by atoms with Gasteiger partial charge in [-0.3, -0.25) is 9.89 Å². The van der Waals surface area contributed by atoms with E-state index in [4.69, 9.17) is 13.8 Å². The fourth-order valence-corrected chi connectivity index (χ4v) is 3.89. The van der Waals surface area contributed by atoms with Crippen LogP contribution in [0.5, 0.6) is 0 Å². The molecule has 1 saturated heterocycles. The van der Waals surface area contributed by atoms with Crippen molar-refractivity contribution >= 4 is 29.9 Å². The molecule has 0 amide bonds. The number of guanidine groups is 1. The van der Waals surface area contributed by atoms with Gasteiger partial charge in [-0.25, -0.2) is 9.37 Å². The highest BCUT2D eigenvalue weighted by molar-refractivity contribution is 14.0. The molecule has 178 valence electrons. The van der Waals surface area contributed by atoms with Crippen molar-refractivity contribution in [1.29, 1.82) is 0 Å². The summed E-state index contributed by atoms with van der Waals surface area (Å²) in [5.74, 6) is 1.94. The number of hydrogen-bond acceptors (Lipinski definition) is 5. The summed E-state index contributed by atoms with van der Waals surface area (Å²) in [5.41, 5.74) is 1.59. The summed E-state index contributed by atoms with van der Waals surface area (Å²) >= 11 is 0. The first-order valence-corrected chi connectivity index (χ1v) is 11.2. The highest BCUT2D eigenvalue weighted by atomic mass is 127. The lowest BCUT2D eigenvalue weighted by atomic mass is 10.2. The zero-order valence-corrected chi connectivity index (χ0v) is 21.1. The maximum atomic E-state index is 13.1. The highest BCUT2D eigenvalue weighted by Crippen LogP contribution is 2.25. The molecule has 0 spiro atoms. The first-order valence-electron chi connectivity index (χ1n) is 11.2. The number of hydrogen-bond donors (Lipinski definition) is 2. The number of likely N-dealkylation sites (tertiary alicyclic amines) is 1. The molecule has 1 atom stereocenters. The third kappa shape index (κ3) is 7.04. The van der Waals surface area contributed by atoms with E-state index in [1.807, 2.05) is 19.1 Å². The largest absolute Gasteiger partial charge is 0.468 e. The molecule has 0 saturated carbocycles. The number of nitrogens with one attached hydrogen (secondary N) is 2. The zero-order chi connectivity index (χ0) is 22.2. The molecule has 0 aliphatic carbocycles. The molecular weight excluding hydrogens is 536 g/mol. The Labute approximate surface area is 210 Å². The van der Waals surface area contributed by atoms with Crippen LogP contribution in [0.25, 0.3) is 11.5 Å². The van der Waals surface area contributed by atoms with Gasteiger partial charge in [0.15, 0.2) is 5.96 Å². The molecule has 3 aromatic rings. The Morgan fingerprint density at radius 3 is 2.64 bits per heavy atom. The SMILES string of the molecule is CCNC(=NCC(c1ccco1)N1CCCC1)NCCc1coc(-c2ccc(F)cc2)n1.I. The van der Waals surface area contributed by atoms with Crippen molar-refractivity contribution in [3.05, 3.63) is 66.2 Å². The van der Waals surface area contributed by atoms with E-state index in [-0.39, 0.29) is 35.8 Å². The van der Waals surface area contributed by atoms with Crippen molar-refractivity contribution in [2.45, 2.75) is 32.2 Å². The van der Waals surface area contributed by atoms with E-state index in [0.717, 1.165) is 42.6 Å². The van der Waals surface area contributed by atoms with Gasteiger partial charge in [0, 0.05) is 25.1 Å². The quantitative estimate of drug-likeness (QED) is 0.223. The van der Waals surface area contributed by atoms with Gasteiger partial charge < -0.3 is 19.5 Å². The Bertz CT molecular complexity index is 985. The van der Waals surface area contributed by atoms with Crippen LogP contribution in [-0.2, 0) is 6.42 Å². The minimum Gasteiger partial charge on any atom is -0.468 e. The van der Waals surface area contributed by atoms with Crippen LogP contribution in [0.1, 0.15) is 37.3 Å². The van der Waals surface area contributed by atoms with Gasteiger partial charge in [-0.2, -0.15) is 0 Å². The van der Waals surface area contributed by atoms with E-state index in [2.05, 4.69) is 20.5 Å². The molecule has 0 radical (unpaired) electrons. The summed E-state index contributed by atoms with van der Waals surface area (Å²) < 4.78 is 24.4. The Hall–Kier alpha value is -2.40. The Morgan fingerprint density at radius 1 is 1.15 bits per heavy atom. The number of aromatic nitrogens is 1. The van der Waals surface area contributed by atoms with Crippen LogP contribution < -0.4 is 10.6 Å². The zero-order valence-electron chi connectivity index (χ0n) is 18.8. The Morgan fingerprint density at radius 2 is 1.94 bits per heavy atom. The average molecular weight is 567 g/mol. The van der Waals surface area contributed by atoms with E-state index in [9.17, 15) is 4.39 Å². The lowest BCUT2D eigenvalue weighted by Gasteiger charge is -2.24. The summed E-state index contributed by atoms with van der Waals surface area (Å²) in [6, 6.07) is 10.2. The number of aliphatic imine (C=N–C) groups is 1. The summed E-state index contributed by atoms with van der Waals surface area (Å²) in [4.78, 5) is 11.8. The van der Waals surface area contributed by atoms with Gasteiger partial charge in [0.25, 0.3) is 0 Å². The predicted molar refractivity (Wildman–Crippen MR) is 137 cm³/mol. The van der Waals surface area contributed by atoms with Crippen molar-refractivity contribution in [1.82, 2.24) is 20.5 Å². The van der Waals surface area contributed by atoms with Gasteiger partial charge in [-0.1, -0.05) is 0 Å². The first kappa shape index (κ1) is 25.2. The van der Waals surface area contributed by atoms with Gasteiger partial charge in [-0.05, 0) is 69.3 Å². The van der Waals surface area contributed by atoms with E-state index in [1.165, 1.54) is 25.0 Å². The van der Waals surface area contributed by atoms with Crippen molar-refractivity contribution in [2.24, 2.45) is 4.99 Å². The van der Waals surface area contributed by atoms with Crippen LogP contribution in [0.2, 0.25) is 0 Å². The average Bonchev–Trinajstić information content (AvgIpc) is 3.58. The molecular formula is C24H31FIN5O2. The van der Waals surface area contributed by atoms with E-state index < -0.39 is 0 Å². The molecule has 1 aliphatic heterocycles. The van der Waals surface area contributed by atoms with E-state index in [0.29, 0.717) is 25.4 Å². The van der Waals surface area contributed by atoms with Crippen LogP contribution >= 0.6 is 24.0 Å². The topological polar surface area (TPSA) is 78.8 Å². The third-order valence-electron chi connectivity index (χ3n) is 5.54. The second-order valence-corrected chi connectivity index (χ2v) is 7.82. The number of benzene rings is 1. The molecule has 7 nitrogen and oxygen atoms in total. The number of nitrogens with zero attached hydrogens (tertiary/aromatic N) is 3. The van der Waals surface area contributed by atoms with Crippen molar-refractivity contribution in [3.8, 4) is 11.5 Å². The fourth-order valence-electron chi connectivity index (χ4n) is 3.89. The van der Waals surface area contributed by atoms with Crippen LogP contribution in [-0.4, -0.2) is 48.6 Å². The standard InChI is InChI=1S/C24H30FN5O2.HI/c1-2-26-24(28-16-21(22-6-5-15-31-22)30-13-3-4-14-30)27-12-11-20-17-32-23(29-20)18-7-9-19(25)10-8-18;/h5-10,15,17,21H,2-4,11-14,16H2,1H3,(H2,26,27,28);1H. The molecule has 2 N–H and O–H groups in total. The monoisotopic (exact) mass is 567 g/mol. The van der Waals surface area contributed by atoms with E-state index in [1.54, 1.807) is 24.7 Å². The minimum atomic E-state index is -0.279. The summed E-state index contributed by atoms with van der Waals surface area (Å²) in [6.07, 6.45) is 6.49.